The molecular weight excluding hydrogens is 136 g/mol. The van der Waals surface area contributed by atoms with E-state index in [1.807, 2.05) is 6.08 Å². The Hall–Kier alpha value is -0.340. The van der Waals surface area contributed by atoms with E-state index in [9.17, 15) is 0 Å². The fraction of sp³-hybridized carbons (Fsp3) is 0.778. The van der Waals surface area contributed by atoms with Crippen molar-refractivity contribution in [1.82, 2.24) is 4.90 Å². The first-order chi connectivity index (χ1) is 5.20. The summed E-state index contributed by atoms with van der Waals surface area (Å²) >= 11 is 0. The Kier molecular flexibility index (Phi) is 6.18. The van der Waals surface area contributed by atoms with Crippen LogP contribution >= 0.6 is 0 Å². The van der Waals surface area contributed by atoms with E-state index in [4.69, 9.17) is 5.73 Å². The highest BCUT2D eigenvalue weighted by molar-refractivity contribution is 4.74. The first-order valence-electron chi connectivity index (χ1n) is 4.25. The predicted molar refractivity (Wildman–Crippen MR) is 50.6 cm³/mol. The molecule has 11 heavy (non-hydrogen) atoms. The van der Waals surface area contributed by atoms with Gasteiger partial charge in [-0.2, -0.15) is 0 Å². The number of hydrogen-bond donors (Lipinski definition) is 1. The molecule has 66 valence electrons. The molecule has 0 aliphatic carbocycles. The first kappa shape index (κ1) is 10.7. The van der Waals surface area contributed by atoms with Crippen LogP contribution in [-0.2, 0) is 0 Å². The third-order valence-electron chi connectivity index (χ3n) is 1.65. The summed E-state index contributed by atoms with van der Waals surface area (Å²) < 4.78 is 0. The van der Waals surface area contributed by atoms with Crippen LogP contribution in [0.1, 0.15) is 19.8 Å². The summed E-state index contributed by atoms with van der Waals surface area (Å²) in [5.41, 5.74) is 5.84. The summed E-state index contributed by atoms with van der Waals surface area (Å²) in [7, 11) is 2.07. The van der Waals surface area contributed by atoms with Gasteiger partial charge in [0.25, 0.3) is 0 Å². The standard InChI is InChI=1S/C9H20N2/c1-4-6-9(10)8-11(3)7-5-2/h5,9H,2,4,6-8,10H2,1,3H3. The van der Waals surface area contributed by atoms with Gasteiger partial charge in [-0.25, -0.2) is 0 Å². The second-order valence-electron chi connectivity index (χ2n) is 3.06. The number of nitrogens with two attached hydrogens (primary N) is 1. The Bertz CT molecular complexity index is 102. The van der Waals surface area contributed by atoms with E-state index >= 15 is 0 Å². The molecule has 0 aliphatic rings. The van der Waals surface area contributed by atoms with Crippen LogP contribution in [0.3, 0.4) is 0 Å². The molecule has 1 unspecified atom stereocenters. The highest BCUT2D eigenvalue weighted by atomic mass is 15.1. The molecule has 0 bridgehead atoms. The minimum Gasteiger partial charge on any atom is -0.327 e. The maximum absolute atomic E-state index is 5.84. The van der Waals surface area contributed by atoms with Crippen molar-refractivity contribution in [3.63, 3.8) is 0 Å². The number of rotatable bonds is 6. The molecule has 2 N–H and O–H groups in total. The van der Waals surface area contributed by atoms with Crippen LogP contribution in [0, 0.1) is 0 Å². The molecule has 0 saturated carbocycles. The molecule has 0 aliphatic heterocycles. The molecule has 0 saturated heterocycles. The summed E-state index contributed by atoms with van der Waals surface area (Å²) in [5.74, 6) is 0. The van der Waals surface area contributed by atoms with Gasteiger partial charge in [-0.1, -0.05) is 19.4 Å². The minimum atomic E-state index is 0.324. The van der Waals surface area contributed by atoms with Gasteiger partial charge in [-0.05, 0) is 13.5 Å². The summed E-state index contributed by atoms with van der Waals surface area (Å²) in [6.45, 7) is 7.73. The Morgan fingerprint density at radius 3 is 2.73 bits per heavy atom. The Morgan fingerprint density at radius 1 is 1.64 bits per heavy atom. The zero-order valence-electron chi connectivity index (χ0n) is 7.71. The lowest BCUT2D eigenvalue weighted by molar-refractivity contribution is 0.332. The molecular formula is C9H20N2. The summed E-state index contributed by atoms with van der Waals surface area (Å²) in [6, 6.07) is 0.324. The lowest BCUT2D eigenvalue weighted by Crippen LogP contribution is -2.35. The first-order valence-corrected chi connectivity index (χ1v) is 4.25. The van der Waals surface area contributed by atoms with E-state index in [1.54, 1.807) is 0 Å². The fourth-order valence-electron chi connectivity index (χ4n) is 1.16. The average molecular weight is 156 g/mol. The maximum atomic E-state index is 5.84. The second kappa shape index (κ2) is 6.38. The van der Waals surface area contributed by atoms with Crippen LogP contribution < -0.4 is 5.73 Å². The molecule has 0 radical (unpaired) electrons. The third-order valence-corrected chi connectivity index (χ3v) is 1.65. The Labute approximate surface area is 70.1 Å². The fourth-order valence-corrected chi connectivity index (χ4v) is 1.16. The molecule has 2 nitrogen and oxygen atoms in total. The summed E-state index contributed by atoms with van der Waals surface area (Å²) in [6.07, 6.45) is 4.18. The van der Waals surface area contributed by atoms with E-state index in [-0.39, 0.29) is 0 Å². The molecule has 0 aromatic heterocycles. The van der Waals surface area contributed by atoms with Crippen LogP contribution in [-0.4, -0.2) is 31.1 Å². The second-order valence-corrected chi connectivity index (χ2v) is 3.06. The van der Waals surface area contributed by atoms with Gasteiger partial charge in [0, 0.05) is 19.1 Å². The summed E-state index contributed by atoms with van der Waals surface area (Å²) in [4.78, 5) is 2.19. The van der Waals surface area contributed by atoms with Crippen molar-refractivity contribution in [2.24, 2.45) is 5.73 Å². The van der Waals surface area contributed by atoms with Crippen LogP contribution in [0.25, 0.3) is 0 Å². The van der Waals surface area contributed by atoms with Crippen LogP contribution in [0.2, 0.25) is 0 Å². The van der Waals surface area contributed by atoms with Crippen molar-refractivity contribution >= 4 is 0 Å². The monoisotopic (exact) mass is 156 g/mol. The van der Waals surface area contributed by atoms with Gasteiger partial charge in [0.05, 0.1) is 0 Å². The zero-order chi connectivity index (χ0) is 8.69. The predicted octanol–water partition coefficient (Wildman–Crippen LogP) is 1.23. The smallest absolute Gasteiger partial charge is 0.0167 e. The maximum Gasteiger partial charge on any atom is 0.0167 e. The molecule has 0 spiro atoms. The van der Waals surface area contributed by atoms with E-state index in [2.05, 4.69) is 25.5 Å². The molecule has 2 heteroatoms. The SMILES string of the molecule is C=CCN(C)CC(N)CCC. The van der Waals surface area contributed by atoms with Gasteiger partial charge in [-0.15, -0.1) is 6.58 Å². The molecule has 0 aromatic carbocycles. The number of hydrogen-bond acceptors (Lipinski definition) is 2. The van der Waals surface area contributed by atoms with E-state index in [0.29, 0.717) is 6.04 Å². The summed E-state index contributed by atoms with van der Waals surface area (Å²) in [5, 5.41) is 0. The van der Waals surface area contributed by atoms with Gasteiger partial charge < -0.3 is 10.6 Å². The quantitative estimate of drug-likeness (QED) is 0.586. The zero-order valence-corrected chi connectivity index (χ0v) is 7.71. The van der Waals surface area contributed by atoms with Crippen molar-refractivity contribution in [2.75, 3.05) is 20.1 Å². The van der Waals surface area contributed by atoms with Gasteiger partial charge in [0.15, 0.2) is 0 Å². The largest absolute Gasteiger partial charge is 0.327 e. The van der Waals surface area contributed by atoms with Crippen LogP contribution in [0.5, 0.6) is 0 Å². The van der Waals surface area contributed by atoms with Crippen molar-refractivity contribution in [2.45, 2.75) is 25.8 Å². The van der Waals surface area contributed by atoms with Crippen molar-refractivity contribution in [3.05, 3.63) is 12.7 Å². The molecule has 0 fully saturated rings. The number of likely N-dealkylation sites (N-methyl/N-ethyl adjacent to an activating group) is 1. The van der Waals surface area contributed by atoms with E-state index in [1.165, 1.54) is 6.42 Å². The van der Waals surface area contributed by atoms with Gasteiger partial charge >= 0.3 is 0 Å². The molecule has 0 rings (SSSR count). The normalized spacial score (nSPS) is 13.5. The Balaban J connectivity index is 3.39. The van der Waals surface area contributed by atoms with Crippen molar-refractivity contribution in [3.8, 4) is 0 Å². The van der Waals surface area contributed by atoms with Gasteiger partial charge in [0.1, 0.15) is 0 Å². The average Bonchev–Trinajstić information content (AvgIpc) is 1.87. The van der Waals surface area contributed by atoms with Crippen molar-refractivity contribution in [1.29, 1.82) is 0 Å². The Morgan fingerprint density at radius 2 is 2.27 bits per heavy atom. The number of nitrogens with zero attached hydrogens (tertiary/aromatic N) is 1. The van der Waals surface area contributed by atoms with Gasteiger partial charge in [-0.3, -0.25) is 0 Å². The molecule has 1 atom stereocenters. The van der Waals surface area contributed by atoms with Crippen LogP contribution in [0.4, 0.5) is 0 Å². The minimum absolute atomic E-state index is 0.324. The van der Waals surface area contributed by atoms with Crippen LogP contribution in [0.15, 0.2) is 12.7 Å². The highest BCUT2D eigenvalue weighted by Gasteiger charge is 2.03. The highest BCUT2D eigenvalue weighted by Crippen LogP contribution is 1.95. The third kappa shape index (κ3) is 6.07. The molecule has 0 aromatic rings. The van der Waals surface area contributed by atoms with E-state index in [0.717, 1.165) is 19.5 Å². The topological polar surface area (TPSA) is 29.3 Å². The lowest BCUT2D eigenvalue weighted by atomic mass is 10.2. The lowest BCUT2D eigenvalue weighted by Gasteiger charge is -2.18. The molecule has 0 heterocycles. The van der Waals surface area contributed by atoms with Crippen molar-refractivity contribution < 1.29 is 0 Å². The van der Waals surface area contributed by atoms with E-state index < -0.39 is 0 Å². The molecule has 0 amide bonds. The van der Waals surface area contributed by atoms with Gasteiger partial charge in [0.2, 0.25) is 0 Å².